The number of rotatable bonds is 11. The lowest BCUT2D eigenvalue weighted by Gasteiger charge is -2.18. The fourth-order valence-electron chi connectivity index (χ4n) is 2.73. The zero-order valence-electron chi connectivity index (χ0n) is 16.4. The molecule has 1 unspecified atom stereocenters. The van der Waals surface area contributed by atoms with Gasteiger partial charge in [0.1, 0.15) is 6.04 Å². The predicted molar refractivity (Wildman–Crippen MR) is 106 cm³/mol. The Bertz CT molecular complexity index is 703. The first-order chi connectivity index (χ1) is 13.2. The van der Waals surface area contributed by atoms with Crippen LogP contribution in [0, 0.1) is 0 Å². The van der Waals surface area contributed by atoms with Crippen molar-refractivity contribution in [3.05, 3.63) is 59.7 Å². The van der Waals surface area contributed by atoms with Crippen LogP contribution in [0.5, 0.6) is 11.5 Å². The molecule has 0 heterocycles. The van der Waals surface area contributed by atoms with E-state index in [2.05, 4.69) is 12.2 Å². The largest absolute Gasteiger partial charge is 0.493 e. The van der Waals surface area contributed by atoms with Gasteiger partial charge in [0.25, 0.3) is 0 Å². The van der Waals surface area contributed by atoms with Gasteiger partial charge in [0.15, 0.2) is 11.5 Å². The van der Waals surface area contributed by atoms with Gasteiger partial charge in [-0.05, 0) is 43.0 Å². The van der Waals surface area contributed by atoms with Gasteiger partial charge in [-0.3, -0.25) is 4.79 Å². The number of ether oxygens (including phenoxy) is 3. The third-order valence-electron chi connectivity index (χ3n) is 4.10. The molecule has 2 rings (SSSR count). The zero-order valence-corrected chi connectivity index (χ0v) is 16.4. The second-order valence-electron chi connectivity index (χ2n) is 6.21. The fourth-order valence-corrected chi connectivity index (χ4v) is 2.73. The Hall–Kier alpha value is -2.53. The SMILES string of the molecule is CCCOc1ccc(CNC(Cc2ccccc2)C(=O)OCC)cc1OC. The van der Waals surface area contributed by atoms with Crippen molar-refractivity contribution in [1.82, 2.24) is 5.32 Å². The number of carbonyl (C=O) groups excluding carboxylic acids is 1. The number of carbonyl (C=O) groups is 1. The van der Waals surface area contributed by atoms with Crippen LogP contribution in [0.25, 0.3) is 0 Å². The van der Waals surface area contributed by atoms with Gasteiger partial charge in [-0.15, -0.1) is 0 Å². The molecule has 0 spiro atoms. The molecule has 2 aromatic carbocycles. The standard InChI is InChI=1S/C22H29NO4/c1-4-13-27-20-12-11-18(15-21(20)25-3)16-23-19(22(24)26-5-2)14-17-9-7-6-8-10-17/h6-12,15,19,23H,4-5,13-14,16H2,1-3H3. The third-order valence-corrected chi connectivity index (χ3v) is 4.10. The van der Waals surface area contributed by atoms with Crippen LogP contribution >= 0.6 is 0 Å². The summed E-state index contributed by atoms with van der Waals surface area (Å²) in [5.41, 5.74) is 2.10. The van der Waals surface area contributed by atoms with Crippen molar-refractivity contribution in [2.75, 3.05) is 20.3 Å². The minimum absolute atomic E-state index is 0.240. The second kappa shape index (κ2) is 11.2. The first-order valence-corrected chi connectivity index (χ1v) is 9.41. The van der Waals surface area contributed by atoms with Crippen LogP contribution < -0.4 is 14.8 Å². The molecule has 0 bridgehead atoms. The summed E-state index contributed by atoms with van der Waals surface area (Å²) in [6, 6.07) is 15.3. The Labute approximate surface area is 161 Å². The van der Waals surface area contributed by atoms with Gasteiger partial charge in [0, 0.05) is 6.54 Å². The molecule has 27 heavy (non-hydrogen) atoms. The number of methoxy groups -OCH3 is 1. The summed E-state index contributed by atoms with van der Waals surface area (Å²) < 4.78 is 16.3. The van der Waals surface area contributed by atoms with E-state index in [4.69, 9.17) is 14.2 Å². The molecule has 2 aromatic rings. The Morgan fingerprint density at radius 1 is 1.04 bits per heavy atom. The normalized spacial score (nSPS) is 11.7. The van der Waals surface area contributed by atoms with E-state index in [1.54, 1.807) is 7.11 Å². The van der Waals surface area contributed by atoms with Crippen LogP contribution in [-0.4, -0.2) is 32.3 Å². The molecule has 1 atom stereocenters. The maximum absolute atomic E-state index is 12.3. The van der Waals surface area contributed by atoms with Gasteiger partial charge >= 0.3 is 5.97 Å². The first-order valence-electron chi connectivity index (χ1n) is 9.41. The molecule has 0 radical (unpaired) electrons. The Kier molecular flexibility index (Phi) is 8.65. The molecule has 0 saturated carbocycles. The molecule has 5 heteroatoms. The van der Waals surface area contributed by atoms with Crippen LogP contribution in [0.1, 0.15) is 31.4 Å². The summed E-state index contributed by atoms with van der Waals surface area (Å²) in [6.45, 7) is 5.42. The maximum Gasteiger partial charge on any atom is 0.323 e. The zero-order chi connectivity index (χ0) is 19.5. The quantitative estimate of drug-likeness (QED) is 0.610. The summed E-state index contributed by atoms with van der Waals surface area (Å²) in [7, 11) is 1.63. The minimum atomic E-state index is -0.408. The van der Waals surface area contributed by atoms with E-state index in [-0.39, 0.29) is 5.97 Å². The van der Waals surface area contributed by atoms with Gasteiger partial charge in [0.05, 0.1) is 20.3 Å². The van der Waals surface area contributed by atoms with Crippen LogP contribution in [0.3, 0.4) is 0 Å². The molecule has 0 aliphatic carbocycles. The Balaban J connectivity index is 2.05. The lowest BCUT2D eigenvalue weighted by atomic mass is 10.1. The number of nitrogens with one attached hydrogen (secondary N) is 1. The van der Waals surface area contributed by atoms with Gasteiger partial charge in [0.2, 0.25) is 0 Å². The number of esters is 1. The number of benzene rings is 2. The third kappa shape index (κ3) is 6.61. The highest BCUT2D eigenvalue weighted by Crippen LogP contribution is 2.28. The first kappa shape index (κ1) is 20.8. The predicted octanol–water partition coefficient (Wildman–Crippen LogP) is 3.75. The van der Waals surface area contributed by atoms with E-state index in [1.807, 2.05) is 55.5 Å². The van der Waals surface area contributed by atoms with Crippen molar-refractivity contribution in [1.29, 1.82) is 0 Å². The van der Waals surface area contributed by atoms with Crippen molar-refractivity contribution < 1.29 is 19.0 Å². The molecule has 146 valence electrons. The highest BCUT2D eigenvalue weighted by atomic mass is 16.5. The smallest absolute Gasteiger partial charge is 0.323 e. The van der Waals surface area contributed by atoms with Crippen molar-refractivity contribution in [2.45, 2.75) is 39.3 Å². The number of hydrogen-bond donors (Lipinski definition) is 1. The molecule has 0 fully saturated rings. The van der Waals surface area contributed by atoms with E-state index in [0.717, 1.165) is 23.3 Å². The summed E-state index contributed by atoms with van der Waals surface area (Å²) >= 11 is 0. The van der Waals surface area contributed by atoms with Gasteiger partial charge in [-0.25, -0.2) is 0 Å². The highest BCUT2D eigenvalue weighted by Gasteiger charge is 2.20. The molecule has 0 amide bonds. The van der Waals surface area contributed by atoms with E-state index >= 15 is 0 Å². The van der Waals surface area contributed by atoms with Crippen molar-refractivity contribution in [3.8, 4) is 11.5 Å². The molecule has 0 aromatic heterocycles. The van der Waals surface area contributed by atoms with Crippen molar-refractivity contribution >= 4 is 5.97 Å². The van der Waals surface area contributed by atoms with E-state index in [1.165, 1.54) is 0 Å². The molecular weight excluding hydrogens is 342 g/mol. The Morgan fingerprint density at radius 3 is 2.48 bits per heavy atom. The van der Waals surface area contributed by atoms with E-state index in [9.17, 15) is 4.79 Å². The minimum Gasteiger partial charge on any atom is -0.493 e. The Morgan fingerprint density at radius 2 is 1.81 bits per heavy atom. The maximum atomic E-state index is 12.3. The molecule has 0 aliphatic heterocycles. The van der Waals surface area contributed by atoms with Crippen LogP contribution in [-0.2, 0) is 22.5 Å². The summed E-state index contributed by atoms with van der Waals surface area (Å²) in [4.78, 5) is 12.3. The van der Waals surface area contributed by atoms with Gasteiger partial charge in [-0.2, -0.15) is 0 Å². The highest BCUT2D eigenvalue weighted by molar-refractivity contribution is 5.76. The van der Waals surface area contributed by atoms with E-state index < -0.39 is 6.04 Å². The number of hydrogen-bond acceptors (Lipinski definition) is 5. The molecule has 1 N–H and O–H groups in total. The molecular formula is C22H29NO4. The summed E-state index contributed by atoms with van der Waals surface area (Å²) in [5.74, 6) is 1.18. The fraction of sp³-hybridized carbons (Fsp3) is 0.409. The van der Waals surface area contributed by atoms with Crippen LogP contribution in [0.4, 0.5) is 0 Å². The van der Waals surface area contributed by atoms with Gasteiger partial charge in [-0.1, -0.05) is 43.3 Å². The van der Waals surface area contributed by atoms with E-state index in [0.29, 0.717) is 31.9 Å². The summed E-state index contributed by atoms with van der Waals surface area (Å²) in [6.07, 6.45) is 1.52. The molecule has 0 aliphatic rings. The van der Waals surface area contributed by atoms with Crippen molar-refractivity contribution in [2.24, 2.45) is 0 Å². The average molecular weight is 371 g/mol. The summed E-state index contributed by atoms with van der Waals surface area (Å²) in [5, 5.41) is 3.31. The molecule has 0 saturated heterocycles. The van der Waals surface area contributed by atoms with Crippen LogP contribution in [0.15, 0.2) is 48.5 Å². The second-order valence-corrected chi connectivity index (χ2v) is 6.21. The van der Waals surface area contributed by atoms with Crippen molar-refractivity contribution in [3.63, 3.8) is 0 Å². The van der Waals surface area contributed by atoms with Gasteiger partial charge < -0.3 is 19.5 Å². The lowest BCUT2D eigenvalue weighted by molar-refractivity contribution is -0.145. The monoisotopic (exact) mass is 371 g/mol. The molecule has 5 nitrogen and oxygen atoms in total. The van der Waals surface area contributed by atoms with Crippen LogP contribution in [0.2, 0.25) is 0 Å². The topological polar surface area (TPSA) is 56.8 Å². The average Bonchev–Trinajstić information content (AvgIpc) is 2.70. The lowest BCUT2D eigenvalue weighted by Crippen LogP contribution is -2.39.